The zero-order valence-corrected chi connectivity index (χ0v) is 19.0. The van der Waals surface area contributed by atoms with Crippen LogP contribution in [0.4, 0.5) is 5.95 Å². The summed E-state index contributed by atoms with van der Waals surface area (Å²) in [6.07, 6.45) is 0. The van der Waals surface area contributed by atoms with E-state index in [1.165, 1.54) is 4.57 Å². The van der Waals surface area contributed by atoms with Gasteiger partial charge in [0.2, 0.25) is 5.95 Å². The molecule has 10 heteroatoms. The number of aromatic nitrogens is 4. The van der Waals surface area contributed by atoms with E-state index in [2.05, 4.69) is 36.4 Å². The molecule has 0 aliphatic rings. The minimum Gasteiger partial charge on any atom is -0.298 e. The van der Waals surface area contributed by atoms with E-state index in [4.69, 9.17) is 11.6 Å². The largest absolute Gasteiger partial charge is 0.329 e. The van der Waals surface area contributed by atoms with Crippen molar-refractivity contribution in [2.45, 2.75) is 13.5 Å². The molecule has 2 aromatic carbocycles. The highest BCUT2D eigenvalue weighted by Crippen LogP contribution is 2.20. The zero-order chi connectivity index (χ0) is 22.1. The zero-order valence-electron chi connectivity index (χ0n) is 16.7. The number of nitrogens with one attached hydrogen (secondary N) is 2. The van der Waals surface area contributed by atoms with Gasteiger partial charge in [-0.25, -0.2) is 10.2 Å². The van der Waals surface area contributed by atoms with E-state index >= 15 is 0 Å². The summed E-state index contributed by atoms with van der Waals surface area (Å²) in [5.74, 6) is 0.343. The molecule has 2 aromatic heterocycles. The molecule has 4 aromatic rings. The summed E-state index contributed by atoms with van der Waals surface area (Å²) < 4.78 is 3.92. The molecule has 31 heavy (non-hydrogen) atoms. The van der Waals surface area contributed by atoms with E-state index in [-0.39, 0.29) is 11.2 Å². The second-order valence-corrected chi connectivity index (χ2v) is 8.31. The van der Waals surface area contributed by atoms with Gasteiger partial charge in [-0.2, -0.15) is 10.1 Å². The van der Waals surface area contributed by atoms with Crippen LogP contribution in [-0.2, 0) is 13.6 Å². The fourth-order valence-electron chi connectivity index (χ4n) is 3.18. The number of imidazole rings is 1. The average Bonchev–Trinajstić information content (AvgIpc) is 3.10. The predicted molar refractivity (Wildman–Crippen MR) is 126 cm³/mol. The molecule has 8 nitrogen and oxygen atoms in total. The Balaban J connectivity index is 1.81. The molecule has 2 N–H and O–H groups in total. The smallest absolute Gasteiger partial charge is 0.298 e. The first kappa shape index (κ1) is 21.1. The van der Waals surface area contributed by atoms with Crippen LogP contribution in [0.3, 0.4) is 0 Å². The van der Waals surface area contributed by atoms with Gasteiger partial charge in [0.15, 0.2) is 11.2 Å². The molecule has 0 aliphatic carbocycles. The van der Waals surface area contributed by atoms with Gasteiger partial charge in [-0.15, -0.1) is 0 Å². The third-order valence-corrected chi connectivity index (χ3v) is 5.57. The van der Waals surface area contributed by atoms with Gasteiger partial charge in [0.05, 0.1) is 12.3 Å². The number of hydrazone groups is 1. The van der Waals surface area contributed by atoms with Crippen LogP contribution in [-0.4, -0.2) is 24.8 Å². The number of aromatic amines is 1. The quantitative estimate of drug-likeness (QED) is 0.322. The van der Waals surface area contributed by atoms with E-state index in [9.17, 15) is 9.59 Å². The van der Waals surface area contributed by atoms with E-state index in [1.54, 1.807) is 23.7 Å². The van der Waals surface area contributed by atoms with Gasteiger partial charge in [-0.1, -0.05) is 51.8 Å². The van der Waals surface area contributed by atoms with Crippen molar-refractivity contribution in [3.63, 3.8) is 0 Å². The number of halogens is 2. The summed E-state index contributed by atoms with van der Waals surface area (Å²) in [6, 6.07) is 15.0. The lowest BCUT2D eigenvalue weighted by Crippen LogP contribution is -2.29. The van der Waals surface area contributed by atoms with Gasteiger partial charge in [0, 0.05) is 16.5 Å². The summed E-state index contributed by atoms with van der Waals surface area (Å²) in [5, 5.41) is 5.06. The van der Waals surface area contributed by atoms with Crippen molar-refractivity contribution in [2.75, 3.05) is 5.43 Å². The SMILES string of the molecule is C/C(=N\Nc1nc2c(c(=O)[nH]c(=O)n2C)n1Cc1cccc(Br)c1)c1ccc(Cl)cc1. The Hall–Kier alpha value is -3.17. The molecule has 4 rings (SSSR count). The second kappa shape index (κ2) is 8.52. The summed E-state index contributed by atoms with van der Waals surface area (Å²) in [7, 11) is 1.56. The molecule has 0 unspecified atom stereocenters. The van der Waals surface area contributed by atoms with Crippen LogP contribution in [0.5, 0.6) is 0 Å². The Bertz CT molecular complexity index is 1420. The number of anilines is 1. The fourth-order valence-corrected chi connectivity index (χ4v) is 3.75. The molecule has 0 amide bonds. The maximum atomic E-state index is 12.6. The third-order valence-electron chi connectivity index (χ3n) is 4.82. The first-order chi connectivity index (χ1) is 14.8. The van der Waals surface area contributed by atoms with Crippen molar-refractivity contribution < 1.29 is 0 Å². The number of fused-ring (bicyclic) bond motifs is 1. The highest BCUT2D eigenvalue weighted by atomic mass is 79.9. The van der Waals surface area contributed by atoms with Crippen molar-refractivity contribution in [3.8, 4) is 0 Å². The van der Waals surface area contributed by atoms with Gasteiger partial charge < -0.3 is 0 Å². The van der Waals surface area contributed by atoms with Gasteiger partial charge >= 0.3 is 5.69 Å². The molecule has 0 spiro atoms. The minimum absolute atomic E-state index is 0.269. The predicted octanol–water partition coefficient (Wildman–Crippen LogP) is 3.72. The topological polar surface area (TPSA) is 97.1 Å². The lowest BCUT2D eigenvalue weighted by atomic mass is 10.1. The summed E-state index contributed by atoms with van der Waals surface area (Å²) in [5.41, 5.74) is 5.01. The Morgan fingerprint density at radius 2 is 1.97 bits per heavy atom. The molecule has 0 fully saturated rings. The molecule has 0 radical (unpaired) electrons. The summed E-state index contributed by atoms with van der Waals surface area (Å²) >= 11 is 9.42. The Kier molecular flexibility index (Phi) is 5.79. The van der Waals surface area contributed by atoms with Crippen LogP contribution in [0, 0.1) is 0 Å². The van der Waals surface area contributed by atoms with Crippen LogP contribution in [0.25, 0.3) is 11.2 Å². The molecule has 0 aliphatic heterocycles. The third kappa shape index (κ3) is 4.33. The molecular formula is C21H18BrClN6O2. The average molecular weight is 502 g/mol. The van der Waals surface area contributed by atoms with Crippen LogP contribution in [0.1, 0.15) is 18.1 Å². The molecule has 0 bridgehead atoms. The number of nitrogens with zero attached hydrogens (tertiary/aromatic N) is 4. The first-order valence-electron chi connectivity index (χ1n) is 9.33. The molecule has 0 saturated carbocycles. The van der Waals surface area contributed by atoms with Gasteiger partial charge in [0.1, 0.15) is 0 Å². The van der Waals surface area contributed by atoms with Gasteiger partial charge in [-0.05, 0) is 42.3 Å². The molecule has 158 valence electrons. The standard InChI is InChI=1S/C21H18BrClN6O2/c1-12(14-6-8-16(23)9-7-14)26-27-20-24-18-17(19(30)25-21(31)28(18)2)29(20)11-13-4-3-5-15(22)10-13/h3-10H,11H2,1-2H3,(H,24,27)(H,25,30,31)/b26-12+. The van der Waals surface area contributed by atoms with Crippen LogP contribution < -0.4 is 16.7 Å². The summed E-state index contributed by atoms with van der Waals surface area (Å²) in [6.45, 7) is 2.20. The number of H-pyrrole nitrogens is 1. The Morgan fingerprint density at radius 3 is 2.68 bits per heavy atom. The fraction of sp³-hybridized carbons (Fsp3) is 0.143. The van der Waals surface area contributed by atoms with E-state index in [1.807, 2.05) is 43.3 Å². The summed E-state index contributed by atoms with van der Waals surface area (Å²) in [4.78, 5) is 31.5. The van der Waals surface area contributed by atoms with Gasteiger partial charge in [-0.3, -0.25) is 18.9 Å². The first-order valence-corrected chi connectivity index (χ1v) is 10.5. The van der Waals surface area contributed by atoms with Crippen molar-refractivity contribution in [1.82, 2.24) is 19.1 Å². The second-order valence-electron chi connectivity index (χ2n) is 6.96. The highest BCUT2D eigenvalue weighted by Gasteiger charge is 2.17. The van der Waals surface area contributed by atoms with Crippen LogP contribution in [0.2, 0.25) is 5.02 Å². The number of rotatable bonds is 5. The van der Waals surface area contributed by atoms with E-state index in [0.29, 0.717) is 23.2 Å². The molecular weight excluding hydrogens is 484 g/mol. The number of benzene rings is 2. The Labute approximate surface area is 190 Å². The lowest BCUT2D eigenvalue weighted by Gasteiger charge is -2.09. The molecule has 0 atom stereocenters. The maximum absolute atomic E-state index is 12.6. The van der Waals surface area contributed by atoms with Crippen LogP contribution >= 0.6 is 27.5 Å². The normalized spacial score (nSPS) is 11.8. The molecule has 2 heterocycles. The number of aryl methyl sites for hydroxylation is 1. The van der Waals surface area contributed by atoms with E-state index < -0.39 is 11.2 Å². The van der Waals surface area contributed by atoms with Crippen molar-refractivity contribution in [1.29, 1.82) is 0 Å². The van der Waals surface area contributed by atoms with Crippen LogP contribution in [0.15, 0.2) is 67.7 Å². The highest BCUT2D eigenvalue weighted by molar-refractivity contribution is 9.10. The number of hydrogen-bond acceptors (Lipinski definition) is 5. The monoisotopic (exact) mass is 500 g/mol. The van der Waals surface area contributed by atoms with E-state index in [0.717, 1.165) is 15.6 Å². The Morgan fingerprint density at radius 1 is 1.23 bits per heavy atom. The van der Waals surface area contributed by atoms with Crippen molar-refractivity contribution in [3.05, 3.63) is 90.0 Å². The minimum atomic E-state index is -0.531. The maximum Gasteiger partial charge on any atom is 0.329 e. The molecule has 0 saturated heterocycles. The van der Waals surface area contributed by atoms with Gasteiger partial charge in [0.25, 0.3) is 5.56 Å². The lowest BCUT2D eigenvalue weighted by molar-refractivity contribution is 0.808. The van der Waals surface area contributed by atoms with Crippen molar-refractivity contribution >= 4 is 50.4 Å². The van der Waals surface area contributed by atoms with Crippen molar-refractivity contribution in [2.24, 2.45) is 12.1 Å². The number of hydrogen-bond donors (Lipinski definition) is 2.